The van der Waals surface area contributed by atoms with Crippen molar-refractivity contribution in [3.8, 4) is 0 Å². The summed E-state index contributed by atoms with van der Waals surface area (Å²) < 4.78 is 5.33. The van der Waals surface area contributed by atoms with Gasteiger partial charge < -0.3 is 20.5 Å². The van der Waals surface area contributed by atoms with E-state index in [9.17, 15) is 4.79 Å². The Balaban J connectivity index is 2.34. The SMILES string of the molecule is COC(CNC(=O)NCCCO)c1ccccc1. The zero-order valence-electron chi connectivity index (χ0n) is 10.6. The highest BCUT2D eigenvalue weighted by atomic mass is 16.5. The lowest BCUT2D eigenvalue weighted by molar-refractivity contribution is 0.104. The van der Waals surface area contributed by atoms with Gasteiger partial charge in [0.1, 0.15) is 0 Å². The fourth-order valence-electron chi connectivity index (χ4n) is 1.53. The number of aliphatic hydroxyl groups is 1. The van der Waals surface area contributed by atoms with E-state index < -0.39 is 0 Å². The smallest absolute Gasteiger partial charge is 0.314 e. The third kappa shape index (κ3) is 5.16. The zero-order valence-corrected chi connectivity index (χ0v) is 10.6. The monoisotopic (exact) mass is 252 g/mol. The van der Waals surface area contributed by atoms with Crippen molar-refractivity contribution in [1.29, 1.82) is 0 Å². The van der Waals surface area contributed by atoms with Crippen LogP contribution in [0.3, 0.4) is 0 Å². The van der Waals surface area contributed by atoms with Crippen molar-refractivity contribution < 1.29 is 14.6 Å². The van der Waals surface area contributed by atoms with Crippen LogP contribution in [-0.4, -0.2) is 37.9 Å². The summed E-state index contributed by atoms with van der Waals surface area (Å²) in [7, 11) is 1.61. The summed E-state index contributed by atoms with van der Waals surface area (Å²) in [6.07, 6.45) is 0.398. The summed E-state index contributed by atoms with van der Waals surface area (Å²) in [5, 5.41) is 14.0. The van der Waals surface area contributed by atoms with Gasteiger partial charge >= 0.3 is 6.03 Å². The second-order valence-electron chi connectivity index (χ2n) is 3.85. The maximum atomic E-state index is 11.4. The molecule has 0 aliphatic carbocycles. The van der Waals surface area contributed by atoms with Gasteiger partial charge in [-0.3, -0.25) is 0 Å². The second-order valence-corrected chi connectivity index (χ2v) is 3.85. The Kier molecular flexibility index (Phi) is 6.83. The molecule has 0 fully saturated rings. The van der Waals surface area contributed by atoms with Gasteiger partial charge in [0, 0.05) is 26.8 Å². The van der Waals surface area contributed by atoms with Crippen molar-refractivity contribution >= 4 is 6.03 Å². The molecule has 0 saturated carbocycles. The van der Waals surface area contributed by atoms with Crippen molar-refractivity contribution in [2.75, 3.05) is 26.8 Å². The standard InChI is InChI=1S/C13H20N2O3/c1-18-12(11-6-3-2-4-7-11)10-15-13(17)14-8-5-9-16/h2-4,6-7,12,16H,5,8-10H2,1H3,(H2,14,15,17). The molecule has 0 heterocycles. The molecule has 0 aromatic heterocycles. The van der Waals surface area contributed by atoms with Crippen molar-refractivity contribution in [2.24, 2.45) is 0 Å². The molecule has 1 atom stereocenters. The van der Waals surface area contributed by atoms with E-state index in [0.29, 0.717) is 19.5 Å². The number of benzene rings is 1. The Bertz CT molecular complexity index is 343. The molecule has 0 spiro atoms. The molecular formula is C13H20N2O3. The highest BCUT2D eigenvalue weighted by molar-refractivity contribution is 5.73. The quantitative estimate of drug-likeness (QED) is 0.635. The lowest BCUT2D eigenvalue weighted by Crippen LogP contribution is -2.38. The van der Waals surface area contributed by atoms with E-state index in [1.54, 1.807) is 7.11 Å². The fourth-order valence-corrected chi connectivity index (χ4v) is 1.53. The van der Waals surface area contributed by atoms with E-state index >= 15 is 0 Å². The number of ether oxygens (including phenoxy) is 1. The number of methoxy groups -OCH3 is 1. The summed E-state index contributed by atoms with van der Waals surface area (Å²) in [5.41, 5.74) is 1.02. The van der Waals surface area contributed by atoms with Crippen LogP contribution in [0.1, 0.15) is 18.1 Å². The Hall–Kier alpha value is -1.59. The van der Waals surface area contributed by atoms with Crippen LogP contribution < -0.4 is 10.6 Å². The van der Waals surface area contributed by atoms with Crippen molar-refractivity contribution in [1.82, 2.24) is 10.6 Å². The molecule has 1 rings (SSSR count). The highest BCUT2D eigenvalue weighted by Crippen LogP contribution is 2.14. The summed E-state index contributed by atoms with van der Waals surface area (Å²) in [6.45, 7) is 0.946. The maximum absolute atomic E-state index is 11.4. The van der Waals surface area contributed by atoms with Gasteiger partial charge in [0.25, 0.3) is 0 Å². The van der Waals surface area contributed by atoms with Gasteiger partial charge in [-0.2, -0.15) is 0 Å². The maximum Gasteiger partial charge on any atom is 0.314 e. The summed E-state index contributed by atoms with van der Waals surface area (Å²) in [5.74, 6) is 0. The van der Waals surface area contributed by atoms with Crippen molar-refractivity contribution in [3.05, 3.63) is 35.9 Å². The first kappa shape index (κ1) is 14.5. The van der Waals surface area contributed by atoms with Gasteiger partial charge in [0.15, 0.2) is 0 Å². The number of amides is 2. The first-order valence-corrected chi connectivity index (χ1v) is 5.98. The topological polar surface area (TPSA) is 70.6 Å². The summed E-state index contributed by atoms with van der Waals surface area (Å²) in [6, 6.07) is 9.47. The number of aliphatic hydroxyl groups excluding tert-OH is 1. The molecule has 0 aliphatic rings. The molecule has 3 N–H and O–H groups in total. The molecule has 1 unspecified atom stereocenters. The first-order valence-electron chi connectivity index (χ1n) is 5.98. The van der Waals surface area contributed by atoms with Crippen LogP contribution in [0, 0.1) is 0 Å². The van der Waals surface area contributed by atoms with E-state index in [1.165, 1.54) is 0 Å². The molecule has 2 amide bonds. The molecule has 0 bridgehead atoms. The third-order valence-electron chi connectivity index (χ3n) is 2.52. The molecule has 18 heavy (non-hydrogen) atoms. The number of carbonyl (C=O) groups is 1. The number of rotatable bonds is 7. The Labute approximate surface area is 107 Å². The first-order chi connectivity index (χ1) is 8.77. The predicted octanol–water partition coefficient (Wildman–Crippen LogP) is 1.06. The van der Waals surface area contributed by atoms with Crippen molar-refractivity contribution in [2.45, 2.75) is 12.5 Å². The van der Waals surface area contributed by atoms with Crippen LogP contribution in [0.4, 0.5) is 4.79 Å². The number of carbonyl (C=O) groups excluding carboxylic acids is 1. The van der Waals surface area contributed by atoms with Gasteiger partial charge in [0.05, 0.1) is 6.10 Å². The van der Waals surface area contributed by atoms with Crippen LogP contribution in [-0.2, 0) is 4.74 Å². The molecule has 0 aliphatic heterocycles. The van der Waals surface area contributed by atoms with Gasteiger partial charge in [-0.1, -0.05) is 30.3 Å². The van der Waals surface area contributed by atoms with Crippen LogP contribution in [0.15, 0.2) is 30.3 Å². The average Bonchev–Trinajstić information content (AvgIpc) is 2.41. The van der Waals surface area contributed by atoms with Gasteiger partial charge in [-0.05, 0) is 12.0 Å². The average molecular weight is 252 g/mol. The highest BCUT2D eigenvalue weighted by Gasteiger charge is 2.10. The predicted molar refractivity (Wildman–Crippen MR) is 69.3 cm³/mol. The molecular weight excluding hydrogens is 232 g/mol. The Morgan fingerprint density at radius 2 is 2.06 bits per heavy atom. The van der Waals surface area contributed by atoms with E-state index in [-0.39, 0.29) is 18.7 Å². The summed E-state index contributed by atoms with van der Waals surface area (Å²) >= 11 is 0. The Morgan fingerprint density at radius 3 is 2.67 bits per heavy atom. The molecule has 100 valence electrons. The molecule has 5 heteroatoms. The number of hydrogen-bond donors (Lipinski definition) is 3. The van der Waals surface area contributed by atoms with E-state index in [1.807, 2.05) is 30.3 Å². The molecule has 1 aromatic rings. The summed E-state index contributed by atoms with van der Waals surface area (Å²) in [4.78, 5) is 11.4. The Morgan fingerprint density at radius 1 is 1.33 bits per heavy atom. The van der Waals surface area contributed by atoms with Crippen molar-refractivity contribution in [3.63, 3.8) is 0 Å². The van der Waals surface area contributed by atoms with E-state index in [0.717, 1.165) is 5.56 Å². The van der Waals surface area contributed by atoms with E-state index in [4.69, 9.17) is 9.84 Å². The normalized spacial score (nSPS) is 11.9. The van der Waals surface area contributed by atoms with Crippen LogP contribution in [0.2, 0.25) is 0 Å². The molecule has 5 nitrogen and oxygen atoms in total. The third-order valence-corrected chi connectivity index (χ3v) is 2.52. The van der Waals surface area contributed by atoms with Crippen LogP contribution in [0.25, 0.3) is 0 Å². The zero-order chi connectivity index (χ0) is 13.2. The molecule has 0 saturated heterocycles. The van der Waals surface area contributed by atoms with Gasteiger partial charge in [-0.15, -0.1) is 0 Å². The van der Waals surface area contributed by atoms with Crippen LogP contribution in [0.5, 0.6) is 0 Å². The molecule has 1 aromatic carbocycles. The lowest BCUT2D eigenvalue weighted by atomic mass is 10.1. The van der Waals surface area contributed by atoms with Crippen LogP contribution >= 0.6 is 0 Å². The lowest BCUT2D eigenvalue weighted by Gasteiger charge is -2.16. The van der Waals surface area contributed by atoms with E-state index in [2.05, 4.69) is 10.6 Å². The number of urea groups is 1. The minimum Gasteiger partial charge on any atom is -0.396 e. The van der Waals surface area contributed by atoms with Gasteiger partial charge in [-0.25, -0.2) is 4.79 Å². The fraction of sp³-hybridized carbons (Fsp3) is 0.462. The number of nitrogens with one attached hydrogen (secondary N) is 2. The number of hydrogen-bond acceptors (Lipinski definition) is 3. The minimum atomic E-state index is -0.249. The molecule has 0 radical (unpaired) electrons. The largest absolute Gasteiger partial charge is 0.396 e. The minimum absolute atomic E-state index is 0.0744. The second kappa shape index (κ2) is 8.49. The van der Waals surface area contributed by atoms with Gasteiger partial charge in [0.2, 0.25) is 0 Å².